The van der Waals surface area contributed by atoms with E-state index in [1.54, 1.807) is 17.4 Å². The van der Waals surface area contributed by atoms with Crippen molar-refractivity contribution in [3.8, 4) is 40.0 Å². The molecule has 4 nitrogen and oxygen atoms in total. The summed E-state index contributed by atoms with van der Waals surface area (Å²) in [5, 5.41) is 15.3. The van der Waals surface area contributed by atoms with Crippen LogP contribution >= 0.6 is 11.3 Å². The summed E-state index contributed by atoms with van der Waals surface area (Å²) in [6.07, 6.45) is 0. The summed E-state index contributed by atoms with van der Waals surface area (Å²) in [5.41, 5.74) is 3.20. The Morgan fingerprint density at radius 1 is 0.595 bits per heavy atom. The number of para-hydroxylation sites is 1. The Balaban J connectivity index is 1.44. The van der Waals surface area contributed by atoms with Gasteiger partial charge in [-0.1, -0.05) is 84.9 Å². The van der Waals surface area contributed by atoms with Crippen LogP contribution in [0.1, 0.15) is 0 Å². The van der Waals surface area contributed by atoms with E-state index in [0.29, 0.717) is 23.0 Å². The molecule has 0 unspecified atom stereocenters. The van der Waals surface area contributed by atoms with Crippen molar-refractivity contribution < 1.29 is 9.84 Å². The molecule has 0 saturated heterocycles. The molecule has 4 aromatic carbocycles. The molecular formula is C32H20N2O2S. The van der Waals surface area contributed by atoms with Crippen LogP contribution in [0.25, 0.3) is 53.5 Å². The molecule has 0 bridgehead atoms. The monoisotopic (exact) mass is 496 g/mol. The van der Waals surface area contributed by atoms with Crippen LogP contribution in [-0.2, 0) is 0 Å². The van der Waals surface area contributed by atoms with Crippen LogP contribution < -0.4 is 4.74 Å². The van der Waals surface area contributed by atoms with E-state index in [4.69, 9.17) is 14.7 Å². The smallest absolute Gasteiger partial charge is 0.222 e. The molecular weight excluding hydrogens is 476 g/mol. The first-order chi connectivity index (χ1) is 18.2. The Morgan fingerprint density at radius 3 is 2.30 bits per heavy atom. The van der Waals surface area contributed by atoms with E-state index in [0.717, 1.165) is 26.7 Å². The summed E-state index contributed by atoms with van der Waals surface area (Å²) in [4.78, 5) is 9.61. The molecule has 3 aromatic heterocycles. The molecule has 37 heavy (non-hydrogen) atoms. The van der Waals surface area contributed by atoms with Crippen molar-refractivity contribution >= 4 is 42.3 Å². The number of hydrogen-bond acceptors (Lipinski definition) is 5. The zero-order valence-electron chi connectivity index (χ0n) is 19.6. The van der Waals surface area contributed by atoms with Crippen molar-refractivity contribution in [3.05, 3.63) is 115 Å². The van der Waals surface area contributed by atoms with E-state index in [-0.39, 0.29) is 5.75 Å². The number of fused-ring (bicyclic) bond motifs is 5. The third kappa shape index (κ3) is 3.77. The van der Waals surface area contributed by atoms with E-state index in [1.807, 2.05) is 72.8 Å². The Kier molecular flexibility index (Phi) is 5.08. The number of aromatic hydroxyl groups is 1. The van der Waals surface area contributed by atoms with Gasteiger partial charge >= 0.3 is 0 Å². The molecule has 0 amide bonds. The largest absolute Gasteiger partial charge is 0.507 e. The van der Waals surface area contributed by atoms with Gasteiger partial charge in [0.1, 0.15) is 5.75 Å². The Labute approximate surface area is 217 Å². The second kappa shape index (κ2) is 8.73. The number of aromatic nitrogens is 2. The molecule has 0 radical (unpaired) electrons. The van der Waals surface area contributed by atoms with Crippen LogP contribution in [0.5, 0.6) is 17.5 Å². The van der Waals surface area contributed by atoms with Gasteiger partial charge in [0.2, 0.25) is 11.8 Å². The maximum atomic E-state index is 10.7. The highest BCUT2D eigenvalue weighted by molar-refractivity contribution is 7.27. The van der Waals surface area contributed by atoms with Crippen molar-refractivity contribution in [1.82, 2.24) is 9.97 Å². The molecule has 3 heterocycles. The standard InChI is InChI=1S/C32H20N2O2S/c35-27-15-7-6-13-24(27)30-32-25(23-18-17-20-9-4-5-12-22(20)31(23)37-32)19-29(34-30)36-28-16-8-14-26(33-28)21-10-2-1-3-11-21/h1-19,35H. The molecule has 0 aliphatic heterocycles. The van der Waals surface area contributed by atoms with Crippen LogP contribution in [0.3, 0.4) is 0 Å². The van der Waals surface area contributed by atoms with Gasteiger partial charge in [0.15, 0.2) is 0 Å². The van der Waals surface area contributed by atoms with Gasteiger partial charge in [0, 0.05) is 38.7 Å². The number of rotatable bonds is 4. The minimum atomic E-state index is 0.181. The highest BCUT2D eigenvalue weighted by atomic mass is 32.1. The number of phenolic OH excluding ortho intramolecular Hbond substituents is 1. The Hall–Kier alpha value is -4.74. The molecule has 0 spiro atoms. The SMILES string of the molecule is Oc1ccccc1-c1nc(Oc2cccc(-c3ccccc3)n2)cc2c1sc1c3ccccc3ccc21. The predicted molar refractivity (Wildman–Crippen MR) is 151 cm³/mol. The number of benzene rings is 4. The van der Waals surface area contributed by atoms with Crippen molar-refractivity contribution in [1.29, 1.82) is 0 Å². The van der Waals surface area contributed by atoms with Crippen LogP contribution in [-0.4, -0.2) is 15.1 Å². The van der Waals surface area contributed by atoms with Gasteiger partial charge in [-0.2, -0.15) is 0 Å². The zero-order chi connectivity index (χ0) is 24.8. The van der Waals surface area contributed by atoms with E-state index in [1.165, 1.54) is 15.5 Å². The lowest BCUT2D eigenvalue weighted by Gasteiger charge is -2.10. The average molecular weight is 497 g/mol. The third-order valence-corrected chi connectivity index (χ3v) is 7.75. The number of pyridine rings is 2. The maximum Gasteiger partial charge on any atom is 0.222 e. The number of ether oxygens (including phenoxy) is 1. The summed E-state index contributed by atoms with van der Waals surface area (Å²) in [7, 11) is 0. The highest BCUT2D eigenvalue weighted by Gasteiger charge is 2.18. The van der Waals surface area contributed by atoms with Crippen molar-refractivity contribution in [2.75, 3.05) is 0 Å². The quantitative estimate of drug-likeness (QED) is 0.264. The topological polar surface area (TPSA) is 55.2 Å². The summed E-state index contributed by atoms with van der Waals surface area (Å²) >= 11 is 1.69. The van der Waals surface area contributed by atoms with Gasteiger partial charge in [-0.15, -0.1) is 11.3 Å². The van der Waals surface area contributed by atoms with Gasteiger partial charge in [0.25, 0.3) is 0 Å². The van der Waals surface area contributed by atoms with Gasteiger partial charge in [0.05, 0.1) is 16.1 Å². The first-order valence-corrected chi connectivity index (χ1v) is 12.8. The van der Waals surface area contributed by atoms with Crippen LogP contribution in [0.2, 0.25) is 0 Å². The van der Waals surface area contributed by atoms with Gasteiger partial charge < -0.3 is 9.84 Å². The lowest BCUT2D eigenvalue weighted by molar-refractivity contribution is 0.446. The highest BCUT2D eigenvalue weighted by Crippen LogP contribution is 2.45. The fourth-order valence-corrected chi connectivity index (χ4v) is 6.06. The first-order valence-electron chi connectivity index (χ1n) is 12.0. The van der Waals surface area contributed by atoms with Crippen LogP contribution in [0, 0.1) is 0 Å². The summed E-state index contributed by atoms with van der Waals surface area (Å²) < 4.78 is 8.45. The molecule has 7 aromatic rings. The number of nitrogens with zero attached hydrogens (tertiary/aromatic N) is 2. The molecule has 7 rings (SSSR count). The van der Waals surface area contributed by atoms with Crippen molar-refractivity contribution in [2.45, 2.75) is 0 Å². The molecule has 1 N–H and O–H groups in total. The molecule has 0 aliphatic carbocycles. The summed E-state index contributed by atoms with van der Waals surface area (Å²) in [5.74, 6) is 1.07. The van der Waals surface area contributed by atoms with Crippen molar-refractivity contribution in [3.63, 3.8) is 0 Å². The minimum absolute atomic E-state index is 0.181. The molecule has 0 fully saturated rings. The van der Waals surface area contributed by atoms with Gasteiger partial charge in [-0.25, -0.2) is 9.97 Å². The Morgan fingerprint density at radius 2 is 1.41 bits per heavy atom. The molecule has 0 aliphatic rings. The summed E-state index contributed by atoms with van der Waals surface area (Å²) in [6.45, 7) is 0. The fourth-order valence-electron chi connectivity index (χ4n) is 4.74. The molecule has 0 atom stereocenters. The fraction of sp³-hybridized carbons (Fsp3) is 0. The number of hydrogen-bond donors (Lipinski definition) is 1. The van der Waals surface area contributed by atoms with Gasteiger partial charge in [-0.05, 0) is 29.0 Å². The van der Waals surface area contributed by atoms with E-state index < -0.39 is 0 Å². The average Bonchev–Trinajstić information content (AvgIpc) is 3.33. The maximum absolute atomic E-state index is 10.7. The van der Waals surface area contributed by atoms with E-state index in [9.17, 15) is 5.11 Å². The Bertz CT molecular complexity index is 1930. The second-order valence-electron chi connectivity index (χ2n) is 8.80. The molecule has 5 heteroatoms. The normalized spacial score (nSPS) is 11.4. The predicted octanol–water partition coefficient (Wildman–Crippen LogP) is 8.83. The number of thiophene rings is 1. The van der Waals surface area contributed by atoms with E-state index >= 15 is 0 Å². The minimum Gasteiger partial charge on any atom is -0.507 e. The third-order valence-electron chi connectivity index (χ3n) is 6.48. The van der Waals surface area contributed by atoms with Crippen molar-refractivity contribution in [2.24, 2.45) is 0 Å². The lowest BCUT2D eigenvalue weighted by Crippen LogP contribution is -1.94. The zero-order valence-corrected chi connectivity index (χ0v) is 20.4. The number of phenols is 1. The molecule has 0 saturated carbocycles. The van der Waals surface area contributed by atoms with Crippen LogP contribution in [0.4, 0.5) is 0 Å². The van der Waals surface area contributed by atoms with Gasteiger partial charge in [-0.3, -0.25) is 0 Å². The van der Waals surface area contributed by atoms with Crippen LogP contribution in [0.15, 0.2) is 115 Å². The summed E-state index contributed by atoms with van der Waals surface area (Å²) in [6, 6.07) is 37.7. The first kappa shape index (κ1) is 21.5. The van der Waals surface area contributed by atoms with E-state index in [2.05, 4.69) is 36.4 Å². The second-order valence-corrected chi connectivity index (χ2v) is 9.82. The lowest BCUT2D eigenvalue weighted by atomic mass is 10.0. The molecule has 176 valence electrons.